The lowest BCUT2D eigenvalue weighted by Gasteiger charge is -2.35. The second-order valence-corrected chi connectivity index (χ2v) is 5.89. The van der Waals surface area contributed by atoms with Gasteiger partial charge in [0, 0.05) is 22.7 Å². The molecule has 1 aliphatic rings. The molecule has 0 saturated heterocycles. The van der Waals surface area contributed by atoms with Crippen molar-refractivity contribution in [3.8, 4) is 0 Å². The fourth-order valence-corrected chi connectivity index (χ4v) is 2.83. The van der Waals surface area contributed by atoms with Crippen LogP contribution in [0.15, 0.2) is 35.2 Å². The van der Waals surface area contributed by atoms with E-state index in [0.29, 0.717) is 23.2 Å². The molecular weight excluding hydrogens is 325 g/mol. The molecule has 2 aromatic rings. The van der Waals surface area contributed by atoms with Crippen LogP contribution in [0.2, 0.25) is 0 Å². The van der Waals surface area contributed by atoms with Gasteiger partial charge in [-0.3, -0.25) is 4.79 Å². The summed E-state index contributed by atoms with van der Waals surface area (Å²) in [5.41, 5.74) is 0.683. The Morgan fingerprint density at radius 3 is 3.05 bits per heavy atom. The Morgan fingerprint density at radius 1 is 1.45 bits per heavy atom. The first kappa shape index (κ1) is 13.2. The average Bonchev–Trinajstić information content (AvgIpc) is 2.41. The molecule has 0 saturated carbocycles. The highest BCUT2D eigenvalue weighted by Crippen LogP contribution is 2.33. The number of nitrogens with one attached hydrogen (secondary N) is 1. The molecule has 20 heavy (non-hydrogen) atoms. The van der Waals surface area contributed by atoms with Gasteiger partial charge in [-0.2, -0.15) is 0 Å². The Morgan fingerprint density at radius 2 is 2.25 bits per heavy atom. The predicted molar refractivity (Wildman–Crippen MR) is 74.7 cm³/mol. The van der Waals surface area contributed by atoms with Gasteiger partial charge in [0.2, 0.25) is 0 Å². The van der Waals surface area contributed by atoms with Crippen LogP contribution in [0.3, 0.4) is 0 Å². The van der Waals surface area contributed by atoms with Gasteiger partial charge in [0.05, 0.1) is 16.8 Å². The molecule has 1 atom stereocenters. The highest BCUT2D eigenvalue weighted by atomic mass is 79.9. The molecule has 0 radical (unpaired) electrons. The minimum absolute atomic E-state index is 0.284. The number of rotatable bonds is 1. The minimum Gasteiger partial charge on any atom is -0.342 e. The third-order valence-electron chi connectivity index (χ3n) is 3.47. The summed E-state index contributed by atoms with van der Waals surface area (Å²) in [7, 11) is 0. The van der Waals surface area contributed by atoms with E-state index in [9.17, 15) is 9.18 Å². The van der Waals surface area contributed by atoms with Crippen LogP contribution in [0.5, 0.6) is 0 Å². The highest BCUT2D eigenvalue weighted by molar-refractivity contribution is 9.10. The van der Waals surface area contributed by atoms with Gasteiger partial charge in [0.15, 0.2) is 0 Å². The number of hydrogen-bond donors (Lipinski definition) is 1. The van der Waals surface area contributed by atoms with E-state index in [0.717, 1.165) is 4.47 Å². The summed E-state index contributed by atoms with van der Waals surface area (Å²) in [5, 5.41) is 2.85. The molecule has 102 valence electrons. The molecule has 3 rings (SSSR count). The zero-order valence-corrected chi connectivity index (χ0v) is 12.2. The molecule has 1 N–H and O–H groups in total. The van der Waals surface area contributed by atoms with Crippen molar-refractivity contribution in [2.75, 3.05) is 0 Å². The number of amides is 1. The fraction of sp³-hybridized carbons (Fsp3) is 0.214. The number of carbonyl (C=O) groups is 1. The Kier molecular flexibility index (Phi) is 3.05. The summed E-state index contributed by atoms with van der Waals surface area (Å²) < 4.78 is 14.9. The molecule has 1 aromatic heterocycles. The predicted octanol–water partition coefficient (Wildman–Crippen LogP) is 2.58. The second-order valence-electron chi connectivity index (χ2n) is 4.97. The van der Waals surface area contributed by atoms with Gasteiger partial charge < -0.3 is 5.32 Å². The van der Waals surface area contributed by atoms with Crippen LogP contribution < -0.4 is 5.32 Å². The van der Waals surface area contributed by atoms with Gasteiger partial charge >= 0.3 is 0 Å². The van der Waals surface area contributed by atoms with Crippen molar-refractivity contribution in [2.24, 2.45) is 0 Å². The monoisotopic (exact) mass is 335 g/mol. The van der Waals surface area contributed by atoms with Crippen LogP contribution >= 0.6 is 15.9 Å². The molecule has 1 amide bonds. The van der Waals surface area contributed by atoms with Crippen LogP contribution in [0.4, 0.5) is 4.39 Å². The minimum atomic E-state index is -0.827. The molecular formula is C14H11BrFN3O. The Bertz CT molecular complexity index is 707. The van der Waals surface area contributed by atoms with Crippen LogP contribution in [0.25, 0.3) is 0 Å². The number of aromatic nitrogens is 2. The van der Waals surface area contributed by atoms with E-state index in [2.05, 4.69) is 31.2 Å². The standard InChI is InChI=1S/C14H11BrFN3O/c1-14(10-4-8(15)2-3-11(10)16)5-12-9(13(20)19-14)6-17-7-18-12/h2-4,6-7H,5H2,1H3,(H,19,20)/t14-/m0/s1. The zero-order valence-electron chi connectivity index (χ0n) is 10.7. The molecule has 0 spiro atoms. The lowest BCUT2D eigenvalue weighted by Crippen LogP contribution is -2.50. The van der Waals surface area contributed by atoms with E-state index in [1.54, 1.807) is 19.1 Å². The van der Waals surface area contributed by atoms with Crippen LogP contribution in [0.1, 0.15) is 28.5 Å². The third kappa shape index (κ3) is 2.10. The second kappa shape index (κ2) is 4.63. The molecule has 1 aromatic carbocycles. The summed E-state index contributed by atoms with van der Waals surface area (Å²) in [6.45, 7) is 1.79. The smallest absolute Gasteiger partial charge is 0.255 e. The van der Waals surface area contributed by atoms with Crippen molar-refractivity contribution in [1.82, 2.24) is 15.3 Å². The average molecular weight is 336 g/mol. The topological polar surface area (TPSA) is 54.9 Å². The summed E-state index contributed by atoms with van der Waals surface area (Å²) in [6, 6.07) is 4.69. The quantitative estimate of drug-likeness (QED) is 0.871. The number of fused-ring (bicyclic) bond motifs is 1. The summed E-state index contributed by atoms with van der Waals surface area (Å²) in [6.07, 6.45) is 3.30. The van der Waals surface area contributed by atoms with Gasteiger partial charge in [0.25, 0.3) is 5.91 Å². The van der Waals surface area contributed by atoms with Gasteiger partial charge in [-0.25, -0.2) is 14.4 Å². The highest BCUT2D eigenvalue weighted by Gasteiger charge is 2.38. The van der Waals surface area contributed by atoms with E-state index in [1.165, 1.54) is 18.6 Å². The molecule has 0 unspecified atom stereocenters. The normalized spacial score (nSPS) is 21.2. The Balaban J connectivity index is 2.11. The molecule has 0 bridgehead atoms. The van der Waals surface area contributed by atoms with Gasteiger partial charge in [0.1, 0.15) is 12.1 Å². The molecule has 1 aliphatic heterocycles. The summed E-state index contributed by atoms with van der Waals surface area (Å²) >= 11 is 3.33. The zero-order chi connectivity index (χ0) is 14.3. The first-order valence-electron chi connectivity index (χ1n) is 6.06. The fourth-order valence-electron chi connectivity index (χ4n) is 2.47. The van der Waals surface area contributed by atoms with E-state index >= 15 is 0 Å². The van der Waals surface area contributed by atoms with Crippen LogP contribution in [-0.2, 0) is 12.0 Å². The summed E-state index contributed by atoms with van der Waals surface area (Å²) in [4.78, 5) is 20.1. The maximum atomic E-state index is 14.1. The van der Waals surface area contributed by atoms with Crippen LogP contribution in [0, 0.1) is 5.82 Å². The van der Waals surface area contributed by atoms with Crippen molar-refractivity contribution < 1.29 is 9.18 Å². The molecule has 4 nitrogen and oxygen atoms in total. The lowest BCUT2D eigenvalue weighted by atomic mass is 9.83. The molecule has 0 fully saturated rings. The van der Waals surface area contributed by atoms with E-state index in [4.69, 9.17) is 0 Å². The van der Waals surface area contributed by atoms with Gasteiger partial charge in [-0.1, -0.05) is 15.9 Å². The molecule has 2 heterocycles. The first-order chi connectivity index (χ1) is 9.49. The van der Waals surface area contributed by atoms with Crippen molar-refractivity contribution in [3.63, 3.8) is 0 Å². The van der Waals surface area contributed by atoms with Crippen LogP contribution in [-0.4, -0.2) is 15.9 Å². The van der Waals surface area contributed by atoms with Crippen molar-refractivity contribution in [2.45, 2.75) is 18.9 Å². The van der Waals surface area contributed by atoms with E-state index in [1.807, 2.05) is 0 Å². The SMILES string of the molecule is C[C@@]1(c2cc(Br)ccc2F)Cc2ncncc2C(=O)N1. The number of benzene rings is 1. The number of halogens is 2. The van der Waals surface area contributed by atoms with E-state index in [-0.39, 0.29) is 11.7 Å². The Labute approximate surface area is 123 Å². The van der Waals surface area contributed by atoms with Crippen molar-refractivity contribution >= 4 is 21.8 Å². The lowest BCUT2D eigenvalue weighted by molar-refractivity contribution is 0.0882. The third-order valence-corrected chi connectivity index (χ3v) is 3.97. The largest absolute Gasteiger partial charge is 0.342 e. The molecule has 6 heteroatoms. The number of hydrogen-bond acceptors (Lipinski definition) is 3. The first-order valence-corrected chi connectivity index (χ1v) is 6.86. The maximum absolute atomic E-state index is 14.1. The van der Waals surface area contributed by atoms with Gasteiger partial charge in [-0.05, 0) is 25.1 Å². The summed E-state index contributed by atoms with van der Waals surface area (Å²) in [5.74, 6) is -0.637. The van der Waals surface area contributed by atoms with Gasteiger partial charge in [-0.15, -0.1) is 0 Å². The number of nitrogens with zero attached hydrogens (tertiary/aromatic N) is 2. The van der Waals surface area contributed by atoms with E-state index < -0.39 is 5.54 Å². The van der Waals surface area contributed by atoms with Crippen molar-refractivity contribution in [1.29, 1.82) is 0 Å². The Hall–Kier alpha value is -1.82. The maximum Gasteiger partial charge on any atom is 0.255 e. The molecule has 0 aliphatic carbocycles. The number of carbonyl (C=O) groups excluding carboxylic acids is 1. The van der Waals surface area contributed by atoms with Crippen molar-refractivity contribution in [3.05, 3.63) is 57.8 Å².